The minimum absolute atomic E-state index is 0.128. The molecule has 84 valence electrons. The number of hydrogen-bond acceptors (Lipinski definition) is 4. The number of aromatic nitrogens is 1. The first-order valence-electron chi connectivity index (χ1n) is 5.45. The molecule has 1 aliphatic carbocycles. The van der Waals surface area contributed by atoms with Crippen LogP contribution < -0.4 is 5.73 Å². The first-order chi connectivity index (χ1) is 7.18. The number of hydrogen-bond donors (Lipinski definition) is 2. The van der Waals surface area contributed by atoms with Crippen molar-refractivity contribution in [2.24, 2.45) is 17.1 Å². The van der Waals surface area contributed by atoms with Gasteiger partial charge in [0.05, 0.1) is 0 Å². The Labute approximate surface area is 94.3 Å². The third kappa shape index (κ3) is 1.94. The Morgan fingerprint density at radius 3 is 3.07 bits per heavy atom. The van der Waals surface area contributed by atoms with Gasteiger partial charge in [-0.2, -0.15) is 0 Å². The van der Waals surface area contributed by atoms with Crippen molar-refractivity contribution in [1.29, 1.82) is 0 Å². The highest BCUT2D eigenvalue weighted by atomic mass is 32.1. The lowest BCUT2D eigenvalue weighted by atomic mass is 9.80. The van der Waals surface area contributed by atoms with Crippen molar-refractivity contribution in [2.45, 2.75) is 32.3 Å². The molecule has 0 spiro atoms. The maximum atomic E-state index is 10.3. The zero-order valence-corrected chi connectivity index (χ0v) is 9.83. The molecule has 0 amide bonds. The summed E-state index contributed by atoms with van der Waals surface area (Å²) >= 11 is 1.52. The van der Waals surface area contributed by atoms with Crippen LogP contribution in [0.5, 0.6) is 0 Å². The highest BCUT2D eigenvalue weighted by Gasteiger charge is 2.43. The Balaban J connectivity index is 2.20. The molecule has 0 aliphatic heterocycles. The predicted octanol–water partition coefficient (Wildman–Crippen LogP) is 1.94. The van der Waals surface area contributed by atoms with Gasteiger partial charge < -0.3 is 10.8 Å². The molecule has 0 saturated heterocycles. The molecule has 1 heterocycles. The van der Waals surface area contributed by atoms with E-state index >= 15 is 0 Å². The van der Waals surface area contributed by atoms with E-state index < -0.39 is 6.10 Å². The van der Waals surface area contributed by atoms with Gasteiger partial charge in [0.15, 0.2) is 0 Å². The number of nitrogens with two attached hydrogens (primary N) is 1. The van der Waals surface area contributed by atoms with Gasteiger partial charge >= 0.3 is 0 Å². The second-order valence-corrected chi connectivity index (χ2v) is 5.61. The van der Waals surface area contributed by atoms with Crippen LogP contribution in [0.1, 0.15) is 37.3 Å². The maximum Gasteiger partial charge on any atom is 0.122 e. The standard InChI is InChI=1S/C11H18N2OS/c1-8-2-3-11(6-8,7-12)9(14)10-13-4-5-15-10/h4-5,8-9,14H,2-3,6-7,12H2,1H3. The highest BCUT2D eigenvalue weighted by Crippen LogP contribution is 2.49. The molecule has 3 unspecified atom stereocenters. The van der Waals surface area contributed by atoms with Gasteiger partial charge in [-0.25, -0.2) is 4.98 Å². The Hall–Kier alpha value is -0.450. The lowest BCUT2D eigenvalue weighted by molar-refractivity contribution is 0.0306. The summed E-state index contributed by atoms with van der Waals surface area (Å²) in [5, 5.41) is 13.1. The highest BCUT2D eigenvalue weighted by molar-refractivity contribution is 7.09. The van der Waals surface area contributed by atoms with Crippen LogP contribution in [0.2, 0.25) is 0 Å². The molecule has 3 atom stereocenters. The molecule has 0 bridgehead atoms. The van der Waals surface area contributed by atoms with Crippen LogP contribution in [-0.2, 0) is 0 Å². The third-order valence-corrected chi connectivity index (χ3v) is 4.39. The largest absolute Gasteiger partial charge is 0.385 e. The van der Waals surface area contributed by atoms with Crippen molar-refractivity contribution in [3.63, 3.8) is 0 Å². The molecule has 0 aromatic carbocycles. The van der Waals surface area contributed by atoms with Crippen LogP contribution in [0.3, 0.4) is 0 Å². The quantitative estimate of drug-likeness (QED) is 0.828. The molecular formula is C11H18N2OS. The molecule has 1 aromatic heterocycles. The van der Waals surface area contributed by atoms with E-state index in [9.17, 15) is 5.11 Å². The summed E-state index contributed by atoms with van der Waals surface area (Å²) in [6.45, 7) is 2.78. The van der Waals surface area contributed by atoms with E-state index in [2.05, 4.69) is 11.9 Å². The van der Waals surface area contributed by atoms with Gasteiger partial charge in [-0.15, -0.1) is 11.3 Å². The van der Waals surface area contributed by atoms with Crippen LogP contribution in [0.25, 0.3) is 0 Å². The molecule has 4 heteroatoms. The first-order valence-corrected chi connectivity index (χ1v) is 6.33. The topological polar surface area (TPSA) is 59.1 Å². The van der Waals surface area contributed by atoms with E-state index in [0.717, 1.165) is 17.8 Å². The average Bonchev–Trinajstić information content (AvgIpc) is 2.86. The lowest BCUT2D eigenvalue weighted by Gasteiger charge is -2.31. The third-order valence-electron chi connectivity index (χ3n) is 3.56. The van der Waals surface area contributed by atoms with Crippen LogP contribution in [0.15, 0.2) is 11.6 Å². The number of thiazole rings is 1. The van der Waals surface area contributed by atoms with Gasteiger partial charge in [0.25, 0.3) is 0 Å². The molecule has 1 aliphatic rings. The molecule has 15 heavy (non-hydrogen) atoms. The molecule has 0 radical (unpaired) electrons. The van der Waals surface area contributed by atoms with Gasteiger partial charge in [-0.3, -0.25) is 0 Å². The van der Waals surface area contributed by atoms with Crippen LogP contribution in [0, 0.1) is 11.3 Å². The molecule has 2 rings (SSSR count). The van der Waals surface area contributed by atoms with E-state index in [1.807, 2.05) is 5.38 Å². The van der Waals surface area contributed by atoms with Gasteiger partial charge in [-0.05, 0) is 18.8 Å². The average molecular weight is 226 g/mol. The van der Waals surface area contributed by atoms with Crippen LogP contribution in [-0.4, -0.2) is 16.6 Å². The summed E-state index contributed by atoms with van der Waals surface area (Å²) in [4.78, 5) is 4.19. The number of aliphatic hydroxyl groups excluding tert-OH is 1. The normalized spacial score (nSPS) is 33.1. The van der Waals surface area contributed by atoms with E-state index in [4.69, 9.17) is 5.73 Å². The zero-order chi connectivity index (χ0) is 10.9. The smallest absolute Gasteiger partial charge is 0.122 e. The molecular weight excluding hydrogens is 208 g/mol. The number of nitrogens with zero attached hydrogens (tertiary/aromatic N) is 1. The summed E-state index contributed by atoms with van der Waals surface area (Å²) < 4.78 is 0. The Kier molecular flexibility index (Phi) is 3.09. The van der Waals surface area contributed by atoms with Crippen molar-refractivity contribution >= 4 is 11.3 Å². The summed E-state index contributed by atoms with van der Waals surface area (Å²) in [5.41, 5.74) is 5.73. The summed E-state index contributed by atoms with van der Waals surface area (Å²) in [7, 11) is 0. The summed E-state index contributed by atoms with van der Waals surface area (Å²) in [6.07, 6.45) is 4.47. The van der Waals surface area contributed by atoms with E-state index in [0.29, 0.717) is 12.5 Å². The van der Waals surface area contributed by atoms with Crippen LogP contribution in [0.4, 0.5) is 0 Å². The SMILES string of the molecule is CC1CCC(CN)(C(O)c2nccs2)C1. The fourth-order valence-corrected chi connectivity index (χ4v) is 3.37. The van der Waals surface area contributed by atoms with Gasteiger partial charge in [0.1, 0.15) is 11.1 Å². The maximum absolute atomic E-state index is 10.3. The fourth-order valence-electron chi connectivity index (χ4n) is 2.61. The van der Waals surface area contributed by atoms with Gasteiger partial charge in [0.2, 0.25) is 0 Å². The van der Waals surface area contributed by atoms with E-state index in [1.165, 1.54) is 17.8 Å². The summed E-state index contributed by atoms with van der Waals surface area (Å²) in [6, 6.07) is 0. The fraction of sp³-hybridized carbons (Fsp3) is 0.727. The molecule has 1 fully saturated rings. The predicted molar refractivity (Wildman–Crippen MR) is 61.6 cm³/mol. The zero-order valence-electron chi connectivity index (χ0n) is 9.02. The minimum atomic E-state index is -0.479. The molecule has 1 aromatic rings. The van der Waals surface area contributed by atoms with Crippen molar-refractivity contribution in [2.75, 3.05) is 6.54 Å². The van der Waals surface area contributed by atoms with Gasteiger partial charge in [-0.1, -0.05) is 13.3 Å². The molecule has 3 nitrogen and oxygen atoms in total. The van der Waals surface area contributed by atoms with E-state index in [-0.39, 0.29) is 5.41 Å². The summed E-state index contributed by atoms with van der Waals surface area (Å²) in [5.74, 6) is 0.670. The minimum Gasteiger partial charge on any atom is -0.385 e. The number of aliphatic hydroxyl groups is 1. The van der Waals surface area contributed by atoms with Crippen LogP contribution >= 0.6 is 11.3 Å². The molecule has 1 saturated carbocycles. The Morgan fingerprint density at radius 2 is 2.60 bits per heavy atom. The second-order valence-electron chi connectivity index (χ2n) is 4.69. The van der Waals surface area contributed by atoms with E-state index in [1.54, 1.807) is 6.20 Å². The van der Waals surface area contributed by atoms with Gasteiger partial charge in [0, 0.05) is 23.5 Å². The lowest BCUT2D eigenvalue weighted by Crippen LogP contribution is -2.34. The molecule has 3 N–H and O–H groups in total. The van der Waals surface area contributed by atoms with Crippen molar-refractivity contribution in [3.05, 3.63) is 16.6 Å². The first kappa shape index (κ1) is 11.0. The Bertz CT molecular complexity index is 314. The van der Waals surface area contributed by atoms with Crippen molar-refractivity contribution in [1.82, 2.24) is 4.98 Å². The monoisotopic (exact) mass is 226 g/mol. The van der Waals surface area contributed by atoms with Crippen molar-refractivity contribution in [3.8, 4) is 0 Å². The Morgan fingerprint density at radius 1 is 1.80 bits per heavy atom. The second kappa shape index (κ2) is 4.20. The number of rotatable bonds is 3. The van der Waals surface area contributed by atoms with Crippen molar-refractivity contribution < 1.29 is 5.11 Å².